The van der Waals surface area contributed by atoms with Crippen LogP contribution in [-0.2, 0) is 10.0 Å². The van der Waals surface area contributed by atoms with Crippen molar-refractivity contribution in [1.82, 2.24) is 4.72 Å². The highest BCUT2D eigenvalue weighted by Crippen LogP contribution is 2.14. The maximum atomic E-state index is 11.9. The van der Waals surface area contributed by atoms with Crippen molar-refractivity contribution in [3.63, 3.8) is 0 Å². The summed E-state index contributed by atoms with van der Waals surface area (Å²) in [5, 5.41) is 3.28. The number of hydrogen-bond donors (Lipinski definition) is 2. The Morgan fingerprint density at radius 2 is 1.74 bits per heavy atom. The first-order chi connectivity index (χ1) is 8.95. The Kier molecular flexibility index (Phi) is 6.31. The first-order valence-corrected chi connectivity index (χ1v) is 8.30. The first kappa shape index (κ1) is 16.0. The van der Waals surface area contributed by atoms with Crippen molar-refractivity contribution in [2.75, 3.05) is 11.9 Å². The summed E-state index contributed by atoms with van der Waals surface area (Å²) < 4.78 is 26.4. The number of unbranched alkanes of at least 4 members (excludes halogenated alkanes) is 2. The van der Waals surface area contributed by atoms with Crippen molar-refractivity contribution in [2.45, 2.75) is 51.0 Å². The molecule has 19 heavy (non-hydrogen) atoms. The second-order valence-electron chi connectivity index (χ2n) is 4.93. The fraction of sp³-hybridized carbons (Fsp3) is 0.571. The smallest absolute Gasteiger partial charge is 0.240 e. The van der Waals surface area contributed by atoms with Gasteiger partial charge in [0.1, 0.15) is 0 Å². The summed E-state index contributed by atoms with van der Waals surface area (Å²) in [4.78, 5) is 0.306. The topological polar surface area (TPSA) is 58.2 Å². The molecule has 0 saturated heterocycles. The number of hydrogen-bond acceptors (Lipinski definition) is 3. The van der Waals surface area contributed by atoms with Crippen molar-refractivity contribution in [1.29, 1.82) is 0 Å². The Hall–Kier alpha value is -1.07. The summed E-state index contributed by atoms with van der Waals surface area (Å²) in [6, 6.07) is 6.78. The molecule has 0 bridgehead atoms. The number of sulfonamides is 1. The van der Waals surface area contributed by atoms with Crippen LogP contribution >= 0.6 is 0 Å². The normalized spacial score (nSPS) is 11.8. The molecule has 0 aliphatic rings. The third-order valence-corrected chi connectivity index (χ3v) is 4.34. The number of rotatable bonds is 8. The largest absolute Gasteiger partial charge is 0.385 e. The molecule has 0 amide bonds. The van der Waals surface area contributed by atoms with E-state index in [9.17, 15) is 8.42 Å². The van der Waals surface area contributed by atoms with E-state index in [1.807, 2.05) is 0 Å². The van der Waals surface area contributed by atoms with Gasteiger partial charge in [0.05, 0.1) is 4.90 Å². The quantitative estimate of drug-likeness (QED) is 0.722. The maximum Gasteiger partial charge on any atom is 0.240 e. The van der Waals surface area contributed by atoms with Crippen LogP contribution in [0.2, 0.25) is 0 Å². The van der Waals surface area contributed by atoms with E-state index in [-0.39, 0.29) is 6.04 Å². The van der Waals surface area contributed by atoms with Gasteiger partial charge in [-0.1, -0.05) is 19.8 Å². The Bertz CT molecular complexity index is 467. The molecule has 0 radical (unpaired) electrons. The fourth-order valence-electron chi connectivity index (χ4n) is 1.74. The van der Waals surface area contributed by atoms with E-state index in [1.165, 1.54) is 12.8 Å². The van der Waals surface area contributed by atoms with Gasteiger partial charge >= 0.3 is 0 Å². The van der Waals surface area contributed by atoms with E-state index < -0.39 is 10.0 Å². The predicted molar refractivity (Wildman–Crippen MR) is 79.9 cm³/mol. The van der Waals surface area contributed by atoms with Crippen LogP contribution in [0, 0.1) is 0 Å². The molecule has 1 aromatic carbocycles. The minimum Gasteiger partial charge on any atom is -0.385 e. The van der Waals surface area contributed by atoms with Gasteiger partial charge < -0.3 is 5.32 Å². The van der Waals surface area contributed by atoms with Crippen LogP contribution in [0.4, 0.5) is 5.69 Å². The van der Waals surface area contributed by atoms with Gasteiger partial charge in [0.25, 0.3) is 0 Å². The molecule has 1 rings (SSSR count). The lowest BCUT2D eigenvalue weighted by molar-refractivity contribution is 0.570. The molecule has 0 atom stereocenters. The summed E-state index contributed by atoms with van der Waals surface area (Å²) in [5.74, 6) is 0. The molecule has 0 aliphatic carbocycles. The van der Waals surface area contributed by atoms with Crippen molar-refractivity contribution in [2.24, 2.45) is 0 Å². The van der Waals surface area contributed by atoms with Crippen LogP contribution in [0.1, 0.15) is 40.0 Å². The van der Waals surface area contributed by atoms with Gasteiger partial charge in [-0.25, -0.2) is 13.1 Å². The van der Waals surface area contributed by atoms with Crippen molar-refractivity contribution < 1.29 is 8.42 Å². The van der Waals surface area contributed by atoms with Crippen molar-refractivity contribution in [3.8, 4) is 0 Å². The van der Waals surface area contributed by atoms with Crippen molar-refractivity contribution >= 4 is 15.7 Å². The van der Waals surface area contributed by atoms with Crippen LogP contribution in [0.5, 0.6) is 0 Å². The zero-order valence-electron chi connectivity index (χ0n) is 11.9. The van der Waals surface area contributed by atoms with Gasteiger partial charge in [0.15, 0.2) is 0 Å². The number of nitrogens with one attached hydrogen (secondary N) is 2. The second kappa shape index (κ2) is 7.50. The highest BCUT2D eigenvalue weighted by atomic mass is 32.2. The third-order valence-electron chi connectivity index (χ3n) is 2.66. The van der Waals surface area contributed by atoms with Gasteiger partial charge in [-0.3, -0.25) is 0 Å². The van der Waals surface area contributed by atoms with Gasteiger partial charge in [-0.2, -0.15) is 0 Å². The zero-order chi connectivity index (χ0) is 14.3. The summed E-state index contributed by atoms with van der Waals surface area (Å²) >= 11 is 0. The second-order valence-corrected chi connectivity index (χ2v) is 6.65. The van der Waals surface area contributed by atoms with Crippen LogP contribution in [0.15, 0.2) is 29.2 Å². The summed E-state index contributed by atoms with van der Waals surface area (Å²) in [5.41, 5.74) is 0.958. The molecule has 0 unspecified atom stereocenters. The monoisotopic (exact) mass is 284 g/mol. The Balaban J connectivity index is 2.61. The molecular weight excluding hydrogens is 260 g/mol. The van der Waals surface area contributed by atoms with Gasteiger partial charge in [-0.15, -0.1) is 0 Å². The molecule has 0 aromatic heterocycles. The van der Waals surface area contributed by atoms with E-state index in [2.05, 4.69) is 17.0 Å². The third kappa shape index (κ3) is 5.61. The van der Waals surface area contributed by atoms with Crippen LogP contribution in [0.3, 0.4) is 0 Å². The van der Waals surface area contributed by atoms with Gasteiger partial charge in [-0.05, 0) is 44.5 Å². The average Bonchev–Trinajstić information content (AvgIpc) is 2.34. The lowest BCUT2D eigenvalue weighted by atomic mass is 10.2. The summed E-state index contributed by atoms with van der Waals surface area (Å²) in [6.07, 6.45) is 3.53. The fourth-order valence-corrected chi connectivity index (χ4v) is 2.99. The lowest BCUT2D eigenvalue weighted by Gasteiger charge is -2.10. The van der Waals surface area contributed by atoms with Crippen molar-refractivity contribution in [3.05, 3.63) is 24.3 Å². The molecule has 0 aliphatic heterocycles. The van der Waals surface area contributed by atoms with E-state index in [0.29, 0.717) is 4.90 Å². The minimum absolute atomic E-state index is 0.100. The molecular formula is C14H24N2O2S. The SMILES string of the molecule is CCCCCNc1ccc(S(=O)(=O)NC(C)C)cc1. The molecule has 0 saturated carbocycles. The van der Waals surface area contributed by atoms with Crippen LogP contribution in [-0.4, -0.2) is 21.0 Å². The molecule has 2 N–H and O–H groups in total. The molecule has 4 nitrogen and oxygen atoms in total. The number of anilines is 1. The summed E-state index contributed by atoms with van der Waals surface area (Å²) in [6.45, 7) is 6.70. The number of benzene rings is 1. The Morgan fingerprint density at radius 3 is 2.26 bits per heavy atom. The Morgan fingerprint density at radius 1 is 1.11 bits per heavy atom. The molecule has 0 spiro atoms. The van der Waals surface area contributed by atoms with E-state index in [1.54, 1.807) is 38.1 Å². The van der Waals surface area contributed by atoms with Gasteiger partial charge in [0, 0.05) is 18.3 Å². The molecule has 1 aromatic rings. The summed E-state index contributed by atoms with van der Waals surface area (Å²) in [7, 11) is -3.38. The molecule has 0 fully saturated rings. The lowest BCUT2D eigenvalue weighted by Crippen LogP contribution is -2.30. The molecule has 0 heterocycles. The van der Waals surface area contributed by atoms with E-state index >= 15 is 0 Å². The maximum absolute atomic E-state index is 11.9. The predicted octanol–water partition coefficient (Wildman–Crippen LogP) is 2.98. The van der Waals surface area contributed by atoms with Gasteiger partial charge in [0.2, 0.25) is 10.0 Å². The standard InChI is InChI=1S/C14H24N2O2S/c1-4-5-6-11-15-13-7-9-14(10-8-13)19(17,18)16-12(2)3/h7-10,12,15-16H,4-6,11H2,1-3H3. The average molecular weight is 284 g/mol. The van der Waals surface area contributed by atoms with Crippen LogP contribution in [0.25, 0.3) is 0 Å². The highest BCUT2D eigenvalue weighted by molar-refractivity contribution is 7.89. The first-order valence-electron chi connectivity index (χ1n) is 6.82. The molecule has 108 valence electrons. The van der Waals surface area contributed by atoms with E-state index in [0.717, 1.165) is 18.7 Å². The minimum atomic E-state index is -3.38. The zero-order valence-corrected chi connectivity index (χ0v) is 12.8. The molecule has 5 heteroatoms. The highest BCUT2D eigenvalue weighted by Gasteiger charge is 2.14. The Labute approximate surface area is 116 Å². The van der Waals surface area contributed by atoms with Crippen LogP contribution < -0.4 is 10.0 Å². The van der Waals surface area contributed by atoms with E-state index in [4.69, 9.17) is 0 Å².